The third kappa shape index (κ3) is 3.37. The van der Waals surface area contributed by atoms with E-state index in [4.69, 9.17) is 11.6 Å². The molecule has 6 heteroatoms. The smallest absolute Gasteiger partial charge is 0.254 e. The van der Waals surface area contributed by atoms with Gasteiger partial charge in [0.2, 0.25) is 0 Å². The standard InChI is InChI=1S/C18H21ClN4O/c1-22(2)17-11-13(7-8-21-17)18(24)23-10-9-20-12-16(23)14-5-3-4-6-15(14)19/h3-8,11,16,20H,9-10,12H2,1-2H3. The minimum absolute atomic E-state index is 0.00641. The van der Waals surface area contributed by atoms with Gasteiger partial charge in [-0.25, -0.2) is 4.98 Å². The van der Waals surface area contributed by atoms with Gasteiger partial charge in [0.15, 0.2) is 0 Å². The molecule has 1 N–H and O–H groups in total. The number of nitrogens with zero attached hydrogens (tertiary/aromatic N) is 3. The highest BCUT2D eigenvalue weighted by molar-refractivity contribution is 6.31. The molecule has 5 nitrogen and oxygen atoms in total. The highest BCUT2D eigenvalue weighted by atomic mass is 35.5. The van der Waals surface area contributed by atoms with Crippen LogP contribution in [0.1, 0.15) is 22.0 Å². The number of carbonyl (C=O) groups is 1. The van der Waals surface area contributed by atoms with Gasteiger partial charge in [-0.05, 0) is 23.8 Å². The number of amides is 1. The van der Waals surface area contributed by atoms with Gasteiger partial charge in [0, 0.05) is 50.5 Å². The number of hydrogen-bond acceptors (Lipinski definition) is 4. The fraction of sp³-hybridized carbons (Fsp3) is 0.333. The first-order chi connectivity index (χ1) is 11.6. The van der Waals surface area contributed by atoms with Gasteiger partial charge in [-0.2, -0.15) is 0 Å². The average molecular weight is 345 g/mol. The number of piperazine rings is 1. The summed E-state index contributed by atoms with van der Waals surface area (Å²) in [5, 5.41) is 4.04. The van der Waals surface area contributed by atoms with E-state index in [1.807, 2.05) is 54.2 Å². The molecular formula is C18H21ClN4O. The van der Waals surface area contributed by atoms with Crippen molar-refractivity contribution in [1.29, 1.82) is 0 Å². The third-order valence-corrected chi connectivity index (χ3v) is 4.56. The van der Waals surface area contributed by atoms with E-state index >= 15 is 0 Å². The molecule has 126 valence electrons. The largest absolute Gasteiger partial charge is 0.363 e. The van der Waals surface area contributed by atoms with Gasteiger partial charge in [-0.15, -0.1) is 0 Å². The zero-order valence-electron chi connectivity index (χ0n) is 13.9. The normalized spacial score (nSPS) is 17.6. The van der Waals surface area contributed by atoms with Crippen LogP contribution in [0.5, 0.6) is 0 Å². The molecule has 1 unspecified atom stereocenters. The molecule has 1 aromatic heterocycles. The molecule has 3 rings (SSSR count). The van der Waals surface area contributed by atoms with Gasteiger partial charge in [-0.1, -0.05) is 29.8 Å². The molecule has 0 spiro atoms. The fourth-order valence-electron chi connectivity index (χ4n) is 2.93. The second kappa shape index (κ2) is 7.20. The summed E-state index contributed by atoms with van der Waals surface area (Å²) in [5.74, 6) is 0.775. The van der Waals surface area contributed by atoms with Crippen LogP contribution in [0.3, 0.4) is 0 Å². The van der Waals surface area contributed by atoms with Crippen molar-refractivity contribution in [3.8, 4) is 0 Å². The quantitative estimate of drug-likeness (QED) is 0.929. The van der Waals surface area contributed by atoms with Crippen LogP contribution < -0.4 is 10.2 Å². The van der Waals surface area contributed by atoms with Crippen LogP contribution in [-0.4, -0.2) is 49.5 Å². The number of halogens is 1. The number of aromatic nitrogens is 1. The Bertz CT molecular complexity index is 734. The SMILES string of the molecule is CN(C)c1cc(C(=O)N2CCNCC2c2ccccc2Cl)ccn1. The lowest BCUT2D eigenvalue weighted by molar-refractivity contribution is 0.0634. The van der Waals surface area contributed by atoms with Crippen molar-refractivity contribution < 1.29 is 4.79 Å². The Morgan fingerprint density at radius 3 is 2.88 bits per heavy atom. The predicted octanol–water partition coefficient (Wildman–Crippen LogP) is 2.59. The fourth-order valence-corrected chi connectivity index (χ4v) is 3.19. The zero-order valence-corrected chi connectivity index (χ0v) is 14.6. The molecule has 0 saturated carbocycles. The van der Waals surface area contributed by atoms with E-state index in [1.54, 1.807) is 12.3 Å². The van der Waals surface area contributed by atoms with Crippen molar-refractivity contribution in [2.45, 2.75) is 6.04 Å². The molecule has 2 aromatic rings. The van der Waals surface area contributed by atoms with Crippen LogP contribution in [0.2, 0.25) is 5.02 Å². The van der Waals surface area contributed by atoms with E-state index < -0.39 is 0 Å². The highest BCUT2D eigenvalue weighted by Crippen LogP contribution is 2.29. The maximum Gasteiger partial charge on any atom is 0.254 e. The number of anilines is 1. The molecule has 0 bridgehead atoms. The van der Waals surface area contributed by atoms with E-state index in [0.717, 1.165) is 17.9 Å². The molecule has 2 heterocycles. The maximum atomic E-state index is 13.1. The van der Waals surface area contributed by atoms with Crippen molar-refractivity contribution in [1.82, 2.24) is 15.2 Å². The van der Waals surface area contributed by atoms with Gasteiger partial charge in [0.1, 0.15) is 5.82 Å². The highest BCUT2D eigenvalue weighted by Gasteiger charge is 2.30. The summed E-state index contributed by atoms with van der Waals surface area (Å²) in [6.07, 6.45) is 1.68. The number of nitrogens with one attached hydrogen (secondary N) is 1. The van der Waals surface area contributed by atoms with Crippen LogP contribution in [0.25, 0.3) is 0 Å². The van der Waals surface area contributed by atoms with Crippen LogP contribution in [-0.2, 0) is 0 Å². The third-order valence-electron chi connectivity index (χ3n) is 4.22. The summed E-state index contributed by atoms with van der Waals surface area (Å²) >= 11 is 6.36. The molecule has 1 saturated heterocycles. The van der Waals surface area contributed by atoms with Crippen LogP contribution in [0.15, 0.2) is 42.6 Å². The van der Waals surface area contributed by atoms with Crippen molar-refractivity contribution in [2.75, 3.05) is 38.6 Å². The monoisotopic (exact) mass is 344 g/mol. The van der Waals surface area contributed by atoms with Crippen molar-refractivity contribution >= 4 is 23.3 Å². The summed E-state index contributed by atoms with van der Waals surface area (Å²) in [4.78, 5) is 21.1. The van der Waals surface area contributed by atoms with Crippen LogP contribution in [0.4, 0.5) is 5.82 Å². The van der Waals surface area contributed by atoms with Gasteiger partial charge in [0.25, 0.3) is 5.91 Å². The second-order valence-corrected chi connectivity index (χ2v) is 6.44. The van der Waals surface area contributed by atoms with E-state index in [2.05, 4.69) is 10.3 Å². The van der Waals surface area contributed by atoms with E-state index in [-0.39, 0.29) is 11.9 Å². The average Bonchev–Trinajstić information content (AvgIpc) is 2.61. The first-order valence-electron chi connectivity index (χ1n) is 7.97. The topological polar surface area (TPSA) is 48.5 Å². The van der Waals surface area contributed by atoms with E-state index in [1.165, 1.54) is 0 Å². The Labute approximate surface area is 147 Å². The predicted molar refractivity (Wildman–Crippen MR) is 96.7 cm³/mol. The molecule has 1 amide bonds. The van der Waals surface area contributed by atoms with Crippen molar-refractivity contribution in [3.05, 3.63) is 58.7 Å². The summed E-state index contributed by atoms with van der Waals surface area (Å²) in [6.45, 7) is 2.12. The number of carbonyl (C=O) groups excluding carboxylic acids is 1. The summed E-state index contributed by atoms with van der Waals surface area (Å²) in [6, 6.07) is 11.2. The van der Waals surface area contributed by atoms with E-state index in [9.17, 15) is 4.79 Å². The zero-order chi connectivity index (χ0) is 17.1. The Morgan fingerprint density at radius 2 is 2.12 bits per heavy atom. The number of rotatable bonds is 3. The lowest BCUT2D eigenvalue weighted by Crippen LogP contribution is -2.48. The van der Waals surface area contributed by atoms with Crippen molar-refractivity contribution in [3.63, 3.8) is 0 Å². The van der Waals surface area contributed by atoms with Crippen LogP contribution >= 0.6 is 11.6 Å². The molecule has 1 atom stereocenters. The Balaban J connectivity index is 1.92. The summed E-state index contributed by atoms with van der Waals surface area (Å²) in [5.41, 5.74) is 1.62. The maximum absolute atomic E-state index is 13.1. The van der Waals surface area contributed by atoms with Crippen molar-refractivity contribution in [2.24, 2.45) is 0 Å². The van der Waals surface area contributed by atoms with E-state index in [0.29, 0.717) is 23.7 Å². The Morgan fingerprint density at radius 1 is 1.33 bits per heavy atom. The lowest BCUT2D eigenvalue weighted by Gasteiger charge is -2.37. The molecule has 24 heavy (non-hydrogen) atoms. The molecule has 1 fully saturated rings. The van der Waals surface area contributed by atoms with Gasteiger partial charge in [-0.3, -0.25) is 4.79 Å². The Hall–Kier alpha value is -2.11. The summed E-state index contributed by atoms with van der Waals surface area (Å²) < 4.78 is 0. The van der Waals surface area contributed by atoms with Gasteiger partial charge in [0.05, 0.1) is 6.04 Å². The minimum Gasteiger partial charge on any atom is -0.363 e. The number of hydrogen-bond donors (Lipinski definition) is 1. The molecular weight excluding hydrogens is 324 g/mol. The molecule has 1 aliphatic heterocycles. The lowest BCUT2D eigenvalue weighted by atomic mass is 10.0. The van der Waals surface area contributed by atoms with Gasteiger partial charge < -0.3 is 15.1 Å². The first kappa shape index (κ1) is 16.7. The number of pyridine rings is 1. The summed E-state index contributed by atoms with van der Waals surface area (Å²) in [7, 11) is 3.82. The molecule has 1 aromatic carbocycles. The molecule has 0 aliphatic carbocycles. The molecule has 1 aliphatic rings. The van der Waals surface area contributed by atoms with Crippen LogP contribution in [0, 0.1) is 0 Å². The first-order valence-corrected chi connectivity index (χ1v) is 8.35. The second-order valence-electron chi connectivity index (χ2n) is 6.04. The Kier molecular flexibility index (Phi) is 5.02. The minimum atomic E-state index is -0.0732. The number of benzene rings is 1. The molecule has 0 radical (unpaired) electrons. The van der Waals surface area contributed by atoms with Gasteiger partial charge >= 0.3 is 0 Å².